The highest BCUT2D eigenvalue weighted by atomic mass is 16.2. The molecule has 0 atom stereocenters. The van der Waals surface area contributed by atoms with Crippen LogP contribution in [0, 0.1) is 6.92 Å². The third kappa shape index (κ3) is 3.58. The number of urea groups is 1. The van der Waals surface area contributed by atoms with Crippen molar-refractivity contribution in [3.8, 4) is 0 Å². The lowest BCUT2D eigenvalue weighted by molar-refractivity contribution is 0.0938. The van der Waals surface area contributed by atoms with Crippen molar-refractivity contribution in [2.75, 3.05) is 5.32 Å². The van der Waals surface area contributed by atoms with Crippen LogP contribution in [0.5, 0.6) is 0 Å². The zero-order valence-electron chi connectivity index (χ0n) is 11.0. The largest absolute Gasteiger partial charge is 0.337 e. The first-order valence-corrected chi connectivity index (χ1v) is 6.15. The fourth-order valence-corrected chi connectivity index (χ4v) is 1.64. The molecule has 3 N–H and O–H groups in total. The van der Waals surface area contributed by atoms with E-state index in [2.05, 4.69) is 16.2 Å². The Kier molecular flexibility index (Phi) is 4.34. The van der Waals surface area contributed by atoms with Gasteiger partial charge >= 0.3 is 6.03 Å². The fourth-order valence-electron chi connectivity index (χ4n) is 1.64. The van der Waals surface area contributed by atoms with Gasteiger partial charge in [0.1, 0.15) is 0 Å². The molecular weight excluding hydrogens is 254 g/mol. The number of para-hydroxylation sites is 1. The van der Waals surface area contributed by atoms with Gasteiger partial charge < -0.3 is 5.32 Å². The zero-order chi connectivity index (χ0) is 14.4. The number of carbonyl (C=O) groups is 2. The molecule has 3 amide bonds. The molecule has 0 fully saturated rings. The number of benzene rings is 2. The van der Waals surface area contributed by atoms with Crippen molar-refractivity contribution in [3.63, 3.8) is 0 Å². The molecule has 0 radical (unpaired) electrons. The summed E-state index contributed by atoms with van der Waals surface area (Å²) in [5.74, 6) is -0.370. The third-order valence-corrected chi connectivity index (χ3v) is 2.72. The van der Waals surface area contributed by atoms with E-state index in [1.165, 1.54) is 0 Å². The van der Waals surface area contributed by atoms with Crippen molar-refractivity contribution < 1.29 is 9.59 Å². The van der Waals surface area contributed by atoms with E-state index in [0.29, 0.717) is 11.3 Å². The summed E-state index contributed by atoms with van der Waals surface area (Å²) in [6.45, 7) is 1.89. The van der Waals surface area contributed by atoms with Crippen LogP contribution in [0.25, 0.3) is 0 Å². The lowest BCUT2D eigenvalue weighted by atomic mass is 10.2. The first-order valence-electron chi connectivity index (χ1n) is 6.15. The van der Waals surface area contributed by atoms with Crippen LogP contribution in [0.4, 0.5) is 10.5 Å². The van der Waals surface area contributed by atoms with Crippen molar-refractivity contribution >= 4 is 17.6 Å². The van der Waals surface area contributed by atoms with E-state index in [9.17, 15) is 9.59 Å². The number of rotatable bonds is 2. The minimum absolute atomic E-state index is 0.370. The van der Waals surface area contributed by atoms with Gasteiger partial charge in [-0.05, 0) is 30.7 Å². The number of hydrogen-bond donors (Lipinski definition) is 3. The van der Waals surface area contributed by atoms with E-state index in [4.69, 9.17) is 0 Å². The van der Waals surface area contributed by atoms with E-state index in [1.807, 2.05) is 31.2 Å². The van der Waals surface area contributed by atoms with Gasteiger partial charge in [0.05, 0.1) is 0 Å². The monoisotopic (exact) mass is 269 g/mol. The molecule has 0 unspecified atom stereocenters. The van der Waals surface area contributed by atoms with Gasteiger partial charge in [-0.1, -0.05) is 36.4 Å². The van der Waals surface area contributed by atoms with Crippen molar-refractivity contribution in [2.24, 2.45) is 0 Å². The number of hydrazine groups is 1. The van der Waals surface area contributed by atoms with Crippen LogP contribution >= 0.6 is 0 Å². The molecule has 2 rings (SSSR count). The van der Waals surface area contributed by atoms with Gasteiger partial charge in [0.25, 0.3) is 5.91 Å². The molecule has 0 heterocycles. The van der Waals surface area contributed by atoms with Crippen LogP contribution in [0.3, 0.4) is 0 Å². The highest BCUT2D eigenvalue weighted by molar-refractivity contribution is 5.97. The second-order valence-corrected chi connectivity index (χ2v) is 4.21. The quantitative estimate of drug-likeness (QED) is 0.733. The Morgan fingerprint density at radius 3 is 2.20 bits per heavy atom. The molecule has 0 aliphatic carbocycles. The molecule has 5 heteroatoms. The van der Waals surface area contributed by atoms with E-state index in [0.717, 1.165) is 5.56 Å². The summed E-state index contributed by atoms with van der Waals surface area (Å²) in [5, 5.41) is 2.65. The molecule has 5 nitrogen and oxygen atoms in total. The summed E-state index contributed by atoms with van der Waals surface area (Å²) < 4.78 is 0. The second-order valence-electron chi connectivity index (χ2n) is 4.21. The maximum absolute atomic E-state index is 11.7. The zero-order valence-corrected chi connectivity index (χ0v) is 11.0. The number of amides is 3. The first-order chi connectivity index (χ1) is 9.66. The Balaban J connectivity index is 1.87. The van der Waals surface area contributed by atoms with Gasteiger partial charge in [-0.3, -0.25) is 10.2 Å². The number of anilines is 1. The predicted molar refractivity (Wildman–Crippen MR) is 77.2 cm³/mol. The van der Waals surface area contributed by atoms with Crippen molar-refractivity contribution in [3.05, 3.63) is 65.7 Å². The van der Waals surface area contributed by atoms with Crippen molar-refractivity contribution in [1.29, 1.82) is 0 Å². The normalized spacial score (nSPS) is 9.65. The lowest BCUT2D eigenvalue weighted by Crippen LogP contribution is -2.43. The second kappa shape index (κ2) is 6.38. The Bertz CT molecular complexity index is 612. The topological polar surface area (TPSA) is 70.2 Å². The Morgan fingerprint density at radius 2 is 1.50 bits per heavy atom. The molecule has 2 aromatic carbocycles. The maximum Gasteiger partial charge on any atom is 0.337 e. The predicted octanol–water partition coefficient (Wildman–Crippen LogP) is 2.46. The highest BCUT2D eigenvalue weighted by Crippen LogP contribution is 2.12. The number of hydrogen-bond acceptors (Lipinski definition) is 2. The van der Waals surface area contributed by atoms with Crippen LogP contribution in [0.1, 0.15) is 15.9 Å². The van der Waals surface area contributed by atoms with Gasteiger partial charge in [0.2, 0.25) is 0 Å². The molecule has 0 aromatic heterocycles. The average molecular weight is 269 g/mol. The van der Waals surface area contributed by atoms with E-state index >= 15 is 0 Å². The highest BCUT2D eigenvalue weighted by Gasteiger charge is 2.07. The molecule has 102 valence electrons. The Labute approximate surface area is 117 Å². The van der Waals surface area contributed by atoms with Crippen LogP contribution in [0.15, 0.2) is 54.6 Å². The number of nitrogens with one attached hydrogen (secondary N) is 3. The van der Waals surface area contributed by atoms with Crippen molar-refractivity contribution in [2.45, 2.75) is 6.92 Å². The summed E-state index contributed by atoms with van der Waals surface area (Å²) in [5.41, 5.74) is 6.76. The molecule has 2 aromatic rings. The van der Waals surface area contributed by atoms with Crippen LogP contribution in [-0.4, -0.2) is 11.9 Å². The van der Waals surface area contributed by atoms with Gasteiger partial charge in [-0.2, -0.15) is 0 Å². The molecule has 0 spiro atoms. The van der Waals surface area contributed by atoms with E-state index in [1.54, 1.807) is 30.3 Å². The molecule has 0 bridgehead atoms. The van der Waals surface area contributed by atoms with E-state index < -0.39 is 6.03 Å². The number of carbonyl (C=O) groups excluding carboxylic acids is 2. The summed E-state index contributed by atoms with van der Waals surface area (Å²) >= 11 is 0. The fraction of sp³-hybridized carbons (Fsp3) is 0.0667. The van der Waals surface area contributed by atoms with Gasteiger partial charge in [0, 0.05) is 11.3 Å². The first kappa shape index (κ1) is 13.6. The Hall–Kier alpha value is -2.82. The van der Waals surface area contributed by atoms with Gasteiger partial charge in [-0.15, -0.1) is 0 Å². The molecule has 0 saturated heterocycles. The molecule has 0 aliphatic heterocycles. The minimum atomic E-state index is -0.497. The Morgan fingerprint density at radius 1 is 0.850 bits per heavy atom. The van der Waals surface area contributed by atoms with Gasteiger partial charge in [0.15, 0.2) is 0 Å². The van der Waals surface area contributed by atoms with Gasteiger partial charge in [-0.25, -0.2) is 10.2 Å². The summed E-state index contributed by atoms with van der Waals surface area (Å²) in [7, 11) is 0. The summed E-state index contributed by atoms with van der Waals surface area (Å²) in [4.78, 5) is 23.4. The molecular formula is C15H15N3O2. The van der Waals surface area contributed by atoms with Crippen LogP contribution in [0.2, 0.25) is 0 Å². The van der Waals surface area contributed by atoms with Crippen LogP contribution < -0.4 is 16.2 Å². The summed E-state index contributed by atoms with van der Waals surface area (Å²) in [6.07, 6.45) is 0. The maximum atomic E-state index is 11.7. The smallest absolute Gasteiger partial charge is 0.306 e. The third-order valence-electron chi connectivity index (χ3n) is 2.72. The lowest BCUT2D eigenvalue weighted by Gasteiger charge is -2.10. The summed E-state index contributed by atoms with van der Waals surface area (Å²) in [6, 6.07) is 15.5. The molecule has 0 aliphatic rings. The van der Waals surface area contributed by atoms with E-state index in [-0.39, 0.29) is 5.91 Å². The standard InChI is InChI=1S/C15H15N3O2/c1-11-7-5-6-10-13(11)16-15(20)18-17-14(19)12-8-3-2-4-9-12/h2-10H,1H3,(H,17,19)(H2,16,18,20). The molecule has 0 saturated carbocycles. The average Bonchev–Trinajstić information content (AvgIpc) is 2.48. The van der Waals surface area contributed by atoms with Crippen molar-refractivity contribution in [1.82, 2.24) is 10.9 Å². The number of aryl methyl sites for hydroxylation is 1. The minimum Gasteiger partial charge on any atom is -0.306 e. The molecule has 20 heavy (non-hydrogen) atoms. The SMILES string of the molecule is Cc1ccccc1NC(=O)NNC(=O)c1ccccc1. The van der Waals surface area contributed by atoms with Crippen LogP contribution in [-0.2, 0) is 0 Å².